The van der Waals surface area contributed by atoms with Gasteiger partial charge in [0.2, 0.25) is 0 Å². The highest BCUT2D eigenvalue weighted by Crippen LogP contribution is 2.42. The number of benzene rings is 1. The zero-order chi connectivity index (χ0) is 13.3. The van der Waals surface area contributed by atoms with E-state index in [1.54, 1.807) is 7.11 Å². The van der Waals surface area contributed by atoms with Gasteiger partial charge in [0, 0.05) is 5.56 Å². The minimum absolute atomic E-state index is 0.0670. The molecule has 2 rings (SSSR count). The number of nitrogens with two attached hydrogens (primary N) is 1. The van der Waals surface area contributed by atoms with E-state index in [2.05, 4.69) is 22.9 Å². The normalized spacial score (nSPS) is 16.3. The lowest BCUT2D eigenvalue weighted by atomic mass is 9.84. The molecule has 0 spiro atoms. The lowest BCUT2D eigenvalue weighted by Gasteiger charge is -2.26. The molecule has 0 saturated carbocycles. The first-order valence-electron chi connectivity index (χ1n) is 6.35. The second-order valence-electron chi connectivity index (χ2n) is 4.84. The van der Waals surface area contributed by atoms with Crippen LogP contribution in [0.15, 0.2) is 4.47 Å². The van der Waals surface area contributed by atoms with Crippen LogP contribution in [0.4, 0.5) is 0 Å². The summed E-state index contributed by atoms with van der Waals surface area (Å²) in [6.45, 7) is 2.02. The van der Waals surface area contributed by atoms with Crippen LogP contribution in [0.5, 0.6) is 5.75 Å². The molecule has 1 aliphatic carbocycles. The van der Waals surface area contributed by atoms with Gasteiger partial charge in [-0.2, -0.15) is 0 Å². The van der Waals surface area contributed by atoms with E-state index in [1.165, 1.54) is 29.5 Å². The molecule has 0 fully saturated rings. The minimum Gasteiger partial charge on any atom is -0.495 e. The number of rotatable bonds is 3. The first kappa shape index (κ1) is 13.8. The molecular weight excluding hydrogens is 294 g/mol. The fourth-order valence-corrected chi connectivity index (χ4v) is 3.70. The number of halogens is 1. The number of ether oxygens (including phenoxy) is 1. The van der Waals surface area contributed by atoms with E-state index in [0.717, 1.165) is 28.6 Å². The van der Waals surface area contributed by atoms with Crippen molar-refractivity contribution in [1.82, 2.24) is 0 Å². The third-order valence-electron chi connectivity index (χ3n) is 3.81. The summed E-state index contributed by atoms with van der Waals surface area (Å²) < 4.78 is 6.53. The van der Waals surface area contributed by atoms with Crippen molar-refractivity contribution in [2.24, 2.45) is 5.73 Å². The summed E-state index contributed by atoms with van der Waals surface area (Å²) in [4.78, 5) is 0. The Bertz CT molecular complexity index is 460. The van der Waals surface area contributed by atoms with Gasteiger partial charge in [-0.1, -0.05) is 0 Å². The molecule has 1 aromatic carbocycles. The van der Waals surface area contributed by atoms with Crippen LogP contribution in [0.25, 0.3) is 0 Å². The molecule has 1 aromatic rings. The van der Waals surface area contributed by atoms with Crippen molar-refractivity contribution in [2.75, 3.05) is 13.7 Å². The predicted molar refractivity (Wildman–Crippen MR) is 76.1 cm³/mol. The molecule has 0 radical (unpaired) electrons. The molecule has 0 aliphatic heterocycles. The second kappa shape index (κ2) is 5.59. The summed E-state index contributed by atoms with van der Waals surface area (Å²) >= 11 is 3.65. The topological polar surface area (TPSA) is 55.5 Å². The zero-order valence-corrected chi connectivity index (χ0v) is 12.5. The van der Waals surface area contributed by atoms with Crippen LogP contribution in [-0.2, 0) is 12.8 Å². The molecule has 0 heterocycles. The average Bonchev–Trinajstić information content (AvgIpc) is 2.41. The Hall–Kier alpha value is -0.580. The molecule has 0 saturated heterocycles. The van der Waals surface area contributed by atoms with Gasteiger partial charge in [0.1, 0.15) is 5.75 Å². The van der Waals surface area contributed by atoms with E-state index in [4.69, 9.17) is 10.5 Å². The van der Waals surface area contributed by atoms with Crippen molar-refractivity contribution in [3.8, 4) is 5.75 Å². The zero-order valence-electron chi connectivity index (χ0n) is 10.9. The van der Waals surface area contributed by atoms with Crippen LogP contribution in [0, 0.1) is 6.92 Å². The molecule has 100 valence electrons. The maximum absolute atomic E-state index is 9.33. The van der Waals surface area contributed by atoms with Gasteiger partial charge in [0.15, 0.2) is 0 Å². The van der Waals surface area contributed by atoms with Crippen molar-refractivity contribution < 1.29 is 9.84 Å². The Morgan fingerprint density at radius 2 is 1.94 bits per heavy atom. The Balaban J connectivity index is 2.68. The summed E-state index contributed by atoms with van der Waals surface area (Å²) in [5.74, 6) is 0.787. The van der Waals surface area contributed by atoms with Gasteiger partial charge in [0.05, 0.1) is 24.2 Å². The van der Waals surface area contributed by atoms with E-state index in [9.17, 15) is 5.11 Å². The number of hydrogen-bond acceptors (Lipinski definition) is 3. The standard InChI is InChI=1S/C14H20BrNO2/c1-8-9-5-3-4-6-10(9)13(15)14(18-2)12(8)11(16)7-17/h11,17H,3-7,16H2,1-2H3. The Morgan fingerprint density at radius 3 is 2.50 bits per heavy atom. The molecule has 0 aromatic heterocycles. The van der Waals surface area contributed by atoms with Crippen molar-refractivity contribution in [1.29, 1.82) is 0 Å². The summed E-state index contributed by atoms with van der Waals surface area (Å²) in [7, 11) is 1.66. The fourth-order valence-electron chi connectivity index (χ4n) is 2.89. The van der Waals surface area contributed by atoms with Crippen LogP contribution in [-0.4, -0.2) is 18.8 Å². The van der Waals surface area contributed by atoms with E-state index < -0.39 is 0 Å². The van der Waals surface area contributed by atoms with Crippen LogP contribution in [0.3, 0.4) is 0 Å². The van der Waals surface area contributed by atoms with Crippen molar-refractivity contribution >= 4 is 15.9 Å². The number of fused-ring (bicyclic) bond motifs is 1. The monoisotopic (exact) mass is 313 g/mol. The number of methoxy groups -OCH3 is 1. The van der Waals surface area contributed by atoms with Gasteiger partial charge >= 0.3 is 0 Å². The molecule has 1 aliphatic rings. The van der Waals surface area contributed by atoms with Gasteiger partial charge in [-0.15, -0.1) is 0 Å². The van der Waals surface area contributed by atoms with Crippen LogP contribution < -0.4 is 10.5 Å². The van der Waals surface area contributed by atoms with E-state index in [0.29, 0.717) is 0 Å². The molecule has 4 heteroatoms. The predicted octanol–water partition coefficient (Wildman–Crippen LogP) is 2.64. The van der Waals surface area contributed by atoms with Crippen LogP contribution in [0.2, 0.25) is 0 Å². The van der Waals surface area contributed by atoms with Crippen molar-refractivity contribution in [3.05, 3.63) is 26.7 Å². The van der Waals surface area contributed by atoms with Crippen molar-refractivity contribution in [2.45, 2.75) is 38.6 Å². The lowest BCUT2D eigenvalue weighted by molar-refractivity contribution is 0.264. The van der Waals surface area contributed by atoms with Crippen molar-refractivity contribution in [3.63, 3.8) is 0 Å². The number of aliphatic hydroxyl groups is 1. The largest absolute Gasteiger partial charge is 0.495 e. The molecule has 3 nitrogen and oxygen atoms in total. The molecular formula is C14H20BrNO2. The van der Waals surface area contributed by atoms with Gasteiger partial charge in [-0.05, 0) is 65.2 Å². The summed E-state index contributed by atoms with van der Waals surface area (Å²) in [6.07, 6.45) is 4.62. The Kier molecular flexibility index (Phi) is 4.30. The maximum Gasteiger partial charge on any atom is 0.138 e. The smallest absolute Gasteiger partial charge is 0.138 e. The molecule has 3 N–H and O–H groups in total. The van der Waals surface area contributed by atoms with Gasteiger partial charge < -0.3 is 15.6 Å². The Labute approximate surface area is 116 Å². The highest BCUT2D eigenvalue weighted by atomic mass is 79.9. The maximum atomic E-state index is 9.33. The third-order valence-corrected chi connectivity index (χ3v) is 4.64. The second-order valence-corrected chi connectivity index (χ2v) is 5.63. The summed E-state index contributed by atoms with van der Waals surface area (Å²) in [6, 6.07) is -0.386. The summed E-state index contributed by atoms with van der Waals surface area (Å²) in [5.41, 5.74) is 10.9. The summed E-state index contributed by atoms with van der Waals surface area (Å²) in [5, 5.41) is 9.33. The minimum atomic E-state index is -0.386. The van der Waals surface area contributed by atoms with Gasteiger partial charge in [-0.3, -0.25) is 0 Å². The Morgan fingerprint density at radius 1 is 1.33 bits per heavy atom. The van der Waals surface area contributed by atoms with Gasteiger partial charge in [-0.25, -0.2) is 0 Å². The highest BCUT2D eigenvalue weighted by Gasteiger charge is 2.25. The third kappa shape index (κ3) is 2.17. The van der Waals surface area contributed by atoms with E-state index in [-0.39, 0.29) is 12.6 Å². The first-order valence-corrected chi connectivity index (χ1v) is 7.15. The fraction of sp³-hybridized carbons (Fsp3) is 0.571. The highest BCUT2D eigenvalue weighted by molar-refractivity contribution is 9.10. The molecule has 1 unspecified atom stereocenters. The molecule has 18 heavy (non-hydrogen) atoms. The van der Waals surface area contributed by atoms with Crippen LogP contribution >= 0.6 is 15.9 Å². The number of aliphatic hydroxyl groups excluding tert-OH is 1. The molecule has 0 bridgehead atoms. The number of hydrogen-bond donors (Lipinski definition) is 2. The average molecular weight is 314 g/mol. The van der Waals surface area contributed by atoms with E-state index >= 15 is 0 Å². The van der Waals surface area contributed by atoms with E-state index in [1.807, 2.05) is 0 Å². The molecule has 0 amide bonds. The van der Waals surface area contributed by atoms with Crippen LogP contribution in [0.1, 0.15) is 41.1 Å². The quantitative estimate of drug-likeness (QED) is 0.902. The SMILES string of the molecule is COc1c(Br)c2c(c(C)c1C(N)CO)CCCC2. The molecule has 1 atom stereocenters. The first-order chi connectivity index (χ1) is 8.61. The lowest BCUT2D eigenvalue weighted by Crippen LogP contribution is -2.20. The van der Waals surface area contributed by atoms with Gasteiger partial charge in [0.25, 0.3) is 0 Å².